The third-order valence-electron chi connectivity index (χ3n) is 1.19. The molecule has 0 aromatic rings. The fourth-order valence-corrected chi connectivity index (χ4v) is 0.878. The van der Waals surface area contributed by atoms with Crippen LogP contribution in [0.5, 0.6) is 0 Å². The average molecular weight is 219 g/mol. The van der Waals surface area contributed by atoms with Crippen LogP contribution in [0, 0.1) is 11.3 Å². The van der Waals surface area contributed by atoms with E-state index < -0.39 is 11.3 Å². The summed E-state index contributed by atoms with van der Waals surface area (Å²) in [5.41, 5.74) is 0. The fourth-order valence-electron chi connectivity index (χ4n) is 0.636. The van der Waals surface area contributed by atoms with Gasteiger partial charge in [-0.05, 0) is 12.8 Å². The van der Waals surface area contributed by atoms with Crippen molar-refractivity contribution in [1.29, 1.82) is 5.26 Å². The van der Waals surface area contributed by atoms with Gasteiger partial charge in [0.25, 0.3) is 0 Å². The Bertz CT molecular complexity index is 224. The Balaban J connectivity index is 3.42. The lowest BCUT2D eigenvalue weighted by atomic mass is 10.2. The lowest BCUT2D eigenvalue weighted by Gasteiger charge is -1.98. The van der Waals surface area contributed by atoms with Crippen molar-refractivity contribution in [2.45, 2.75) is 25.7 Å². The van der Waals surface area contributed by atoms with Crippen molar-refractivity contribution >= 4 is 33.7 Å². The number of ether oxygens (including phenoxy) is 1. The van der Waals surface area contributed by atoms with Crippen molar-refractivity contribution in [3.05, 3.63) is 0 Å². The van der Waals surface area contributed by atoms with Gasteiger partial charge in [-0.3, -0.25) is 4.79 Å². The number of rotatable bonds is 4. The minimum absolute atomic E-state index is 0.168. The largest absolute Gasteiger partial charge is 0.385 e. The summed E-state index contributed by atoms with van der Waals surface area (Å²) < 4.78 is 4.31. The number of esters is 1. The van der Waals surface area contributed by atoms with Crippen molar-refractivity contribution in [1.82, 2.24) is 0 Å². The van der Waals surface area contributed by atoms with E-state index in [9.17, 15) is 9.59 Å². The normalized spacial score (nSPS) is 8.92. The number of carbonyl (C=O) groups is 2. The van der Waals surface area contributed by atoms with Gasteiger partial charge in [0.2, 0.25) is 0 Å². The summed E-state index contributed by atoms with van der Waals surface area (Å²) in [5, 5.41) is 7.47. The lowest BCUT2D eigenvalue weighted by Crippen LogP contribution is -2.06. The number of unbranched alkanes of at least 4 members (excludes halogenated alkanes) is 2. The third kappa shape index (κ3) is 7.68. The average Bonchev–Trinajstić information content (AvgIpc) is 2.12. The van der Waals surface area contributed by atoms with Gasteiger partial charge in [-0.1, -0.05) is 11.7 Å². The Labute approximate surface area is 85.4 Å². The summed E-state index contributed by atoms with van der Waals surface area (Å²) in [4.78, 5) is 21.3. The predicted molar refractivity (Wildman–Crippen MR) is 52.1 cm³/mol. The van der Waals surface area contributed by atoms with E-state index in [-0.39, 0.29) is 6.42 Å². The smallest absolute Gasteiger partial charge is 0.384 e. The molecule has 0 amide bonds. The minimum atomic E-state index is -0.714. The number of nitrogens with zero attached hydrogens (tertiary/aromatic N) is 1. The first-order valence-corrected chi connectivity index (χ1v) is 5.50. The lowest BCUT2D eigenvalue weighted by molar-refractivity contribution is -0.136. The highest BCUT2D eigenvalue weighted by molar-refractivity contribution is 8.74. The first kappa shape index (κ1) is 12.3. The Morgan fingerprint density at radius 3 is 2.69 bits per heavy atom. The highest BCUT2D eigenvalue weighted by atomic mass is 33.1. The second-order valence-electron chi connectivity index (χ2n) is 2.18. The Kier molecular flexibility index (Phi) is 7.54. The highest BCUT2D eigenvalue weighted by Gasteiger charge is 2.08. The van der Waals surface area contributed by atoms with Crippen LogP contribution >= 0.6 is 22.5 Å². The van der Waals surface area contributed by atoms with Crippen molar-refractivity contribution < 1.29 is 14.3 Å². The predicted octanol–water partition coefficient (Wildman–Crippen LogP) is 2.31. The third-order valence-corrected chi connectivity index (χ3v) is 1.87. The van der Waals surface area contributed by atoms with Crippen LogP contribution in [0.25, 0.3) is 0 Å². The molecule has 0 saturated heterocycles. The molecule has 4 nitrogen and oxygen atoms in total. The first-order chi connectivity index (χ1) is 6.20. The van der Waals surface area contributed by atoms with Crippen LogP contribution in [0.2, 0.25) is 0 Å². The van der Waals surface area contributed by atoms with E-state index >= 15 is 0 Å². The van der Waals surface area contributed by atoms with Gasteiger partial charge in [0.05, 0.1) is 6.07 Å². The van der Waals surface area contributed by atoms with Crippen molar-refractivity contribution in [2.24, 2.45) is 0 Å². The molecule has 0 aromatic heterocycles. The minimum Gasteiger partial charge on any atom is -0.384 e. The zero-order valence-corrected chi connectivity index (χ0v) is 8.57. The van der Waals surface area contributed by atoms with Crippen LogP contribution in [-0.2, 0) is 9.53 Å². The molecule has 0 radical (unpaired) electrons. The number of hydrogen-bond acceptors (Lipinski definition) is 6. The van der Waals surface area contributed by atoms with Gasteiger partial charge in [0, 0.05) is 23.6 Å². The SMILES string of the molecule is N#CCCCCC(=O)OC(=O)SS. The molecule has 0 aliphatic heterocycles. The molecule has 0 spiro atoms. The van der Waals surface area contributed by atoms with E-state index in [0.717, 1.165) is 0 Å². The van der Waals surface area contributed by atoms with Crippen LogP contribution < -0.4 is 0 Å². The number of carbonyl (C=O) groups excluding carboxylic acids is 2. The van der Waals surface area contributed by atoms with Crippen LogP contribution in [0.3, 0.4) is 0 Å². The van der Waals surface area contributed by atoms with E-state index in [1.165, 1.54) is 0 Å². The zero-order valence-electron chi connectivity index (χ0n) is 6.86. The maximum Gasteiger partial charge on any atom is 0.385 e. The molecule has 72 valence electrons. The molecule has 6 heteroatoms. The number of nitriles is 1. The molecule has 0 bridgehead atoms. The molecule has 0 unspecified atom stereocenters. The standard InChI is InChI=1S/C7H9NO3S2/c8-5-3-1-2-4-6(9)11-7(10)13-12/h12H,1-4H2. The Morgan fingerprint density at radius 2 is 2.15 bits per heavy atom. The summed E-state index contributed by atoms with van der Waals surface area (Å²) in [7, 11) is 0.557. The summed E-state index contributed by atoms with van der Waals surface area (Å²) in [5.74, 6) is -0.565. The molecule has 0 rings (SSSR count). The molecule has 0 fully saturated rings. The maximum atomic E-state index is 10.8. The summed E-state index contributed by atoms with van der Waals surface area (Å²) in [6.45, 7) is 0. The summed E-state index contributed by atoms with van der Waals surface area (Å²) >= 11 is 3.56. The second kappa shape index (κ2) is 7.95. The molecule has 0 N–H and O–H groups in total. The van der Waals surface area contributed by atoms with Gasteiger partial charge in [-0.15, -0.1) is 0 Å². The maximum absolute atomic E-state index is 10.8. The summed E-state index contributed by atoms with van der Waals surface area (Å²) in [6.07, 6.45) is 1.80. The van der Waals surface area contributed by atoms with Gasteiger partial charge >= 0.3 is 11.3 Å². The molecule has 0 atom stereocenters. The highest BCUT2D eigenvalue weighted by Crippen LogP contribution is 2.10. The second-order valence-corrected chi connectivity index (χ2v) is 3.24. The van der Waals surface area contributed by atoms with Crippen LogP contribution in [0.15, 0.2) is 0 Å². The van der Waals surface area contributed by atoms with Crippen LogP contribution in [0.1, 0.15) is 25.7 Å². The van der Waals surface area contributed by atoms with Gasteiger partial charge in [-0.25, -0.2) is 4.79 Å². The molecule has 0 heterocycles. The van der Waals surface area contributed by atoms with E-state index in [2.05, 4.69) is 16.4 Å². The van der Waals surface area contributed by atoms with Gasteiger partial charge in [-0.2, -0.15) is 5.26 Å². The topological polar surface area (TPSA) is 67.2 Å². The molecule has 13 heavy (non-hydrogen) atoms. The summed E-state index contributed by atoms with van der Waals surface area (Å²) in [6, 6.07) is 1.96. The Morgan fingerprint density at radius 1 is 1.46 bits per heavy atom. The van der Waals surface area contributed by atoms with Crippen molar-refractivity contribution in [3.63, 3.8) is 0 Å². The number of thiol groups is 1. The number of hydrogen-bond donors (Lipinski definition) is 1. The van der Waals surface area contributed by atoms with Crippen molar-refractivity contribution in [2.75, 3.05) is 0 Å². The first-order valence-electron chi connectivity index (χ1n) is 3.63. The van der Waals surface area contributed by atoms with E-state index in [1.54, 1.807) is 0 Å². The Hall–Kier alpha value is -0.670. The molecule has 0 aromatic carbocycles. The molecule has 0 aliphatic rings. The molecular formula is C7H9NO3S2. The van der Waals surface area contributed by atoms with Crippen molar-refractivity contribution in [3.8, 4) is 6.07 Å². The van der Waals surface area contributed by atoms with Crippen LogP contribution in [-0.4, -0.2) is 11.3 Å². The van der Waals surface area contributed by atoms with Gasteiger partial charge < -0.3 is 4.74 Å². The molecule has 0 saturated carbocycles. The quantitative estimate of drug-likeness (QED) is 0.258. The monoisotopic (exact) mass is 219 g/mol. The molecule has 0 aliphatic carbocycles. The van der Waals surface area contributed by atoms with Gasteiger partial charge in [0.15, 0.2) is 0 Å². The molecular weight excluding hydrogens is 210 g/mol. The zero-order chi connectivity index (χ0) is 10.1. The fraction of sp³-hybridized carbons (Fsp3) is 0.571. The van der Waals surface area contributed by atoms with E-state index in [0.29, 0.717) is 30.1 Å². The van der Waals surface area contributed by atoms with E-state index in [4.69, 9.17) is 5.26 Å². The van der Waals surface area contributed by atoms with E-state index in [1.807, 2.05) is 6.07 Å². The van der Waals surface area contributed by atoms with Crippen LogP contribution in [0.4, 0.5) is 4.79 Å². The van der Waals surface area contributed by atoms with Gasteiger partial charge in [0.1, 0.15) is 0 Å².